The van der Waals surface area contributed by atoms with E-state index < -0.39 is 24.0 Å². The molecule has 0 saturated heterocycles. The van der Waals surface area contributed by atoms with Crippen LogP contribution in [0.3, 0.4) is 0 Å². The lowest BCUT2D eigenvalue weighted by atomic mass is 9.87. The number of amides is 1. The number of carbonyl (C=O) groups is 2. The molecule has 1 aromatic carbocycles. The molecule has 0 aliphatic rings. The van der Waals surface area contributed by atoms with Crippen LogP contribution in [0.2, 0.25) is 0 Å². The molecule has 0 unspecified atom stereocenters. The fourth-order valence-electron chi connectivity index (χ4n) is 2.15. The summed E-state index contributed by atoms with van der Waals surface area (Å²) in [7, 11) is 0. The number of hydrogen-bond acceptors (Lipinski definition) is 5. The first kappa shape index (κ1) is 22.5. The lowest BCUT2D eigenvalue weighted by Crippen LogP contribution is -2.50. The first-order valence-corrected chi connectivity index (χ1v) is 9.09. The fraction of sp³-hybridized carbons (Fsp3) is 0.571. The standard InChI is InChI=1S/C21H30N2O4/c1-15(2)21(6,14-22)23-18(24)13-27-19(25)11-12-26-17-9-7-16(8-10-17)20(3,4)5/h7-10,15H,11-13H2,1-6H3,(H,23,24)/t21-/m0/s1. The van der Waals surface area contributed by atoms with Crippen molar-refractivity contribution >= 4 is 11.9 Å². The van der Waals surface area contributed by atoms with E-state index in [-0.39, 0.29) is 24.4 Å². The van der Waals surface area contributed by atoms with E-state index in [4.69, 9.17) is 9.47 Å². The van der Waals surface area contributed by atoms with E-state index in [1.54, 1.807) is 6.92 Å². The van der Waals surface area contributed by atoms with Gasteiger partial charge in [-0.25, -0.2) is 0 Å². The van der Waals surface area contributed by atoms with Crippen molar-refractivity contribution in [2.75, 3.05) is 13.2 Å². The van der Waals surface area contributed by atoms with Gasteiger partial charge in [0.05, 0.1) is 19.1 Å². The van der Waals surface area contributed by atoms with Crippen molar-refractivity contribution in [3.8, 4) is 11.8 Å². The van der Waals surface area contributed by atoms with Gasteiger partial charge in [0.2, 0.25) is 0 Å². The van der Waals surface area contributed by atoms with Crippen LogP contribution in [0.5, 0.6) is 5.75 Å². The number of benzene rings is 1. The Kier molecular flexibility index (Phi) is 7.83. The molecule has 0 spiro atoms. The van der Waals surface area contributed by atoms with E-state index in [1.807, 2.05) is 38.1 Å². The van der Waals surface area contributed by atoms with Crippen LogP contribution in [0.25, 0.3) is 0 Å². The summed E-state index contributed by atoms with van der Waals surface area (Å²) < 4.78 is 10.5. The van der Waals surface area contributed by atoms with Crippen LogP contribution in [-0.4, -0.2) is 30.6 Å². The minimum Gasteiger partial charge on any atom is -0.493 e. The van der Waals surface area contributed by atoms with Crippen molar-refractivity contribution in [1.29, 1.82) is 5.26 Å². The molecule has 0 bridgehead atoms. The van der Waals surface area contributed by atoms with Crippen molar-refractivity contribution in [1.82, 2.24) is 5.32 Å². The Labute approximate surface area is 161 Å². The van der Waals surface area contributed by atoms with E-state index in [0.29, 0.717) is 5.75 Å². The molecule has 1 atom stereocenters. The van der Waals surface area contributed by atoms with Crippen molar-refractivity contribution in [2.24, 2.45) is 5.92 Å². The van der Waals surface area contributed by atoms with Gasteiger partial charge in [0, 0.05) is 0 Å². The maximum atomic E-state index is 11.9. The highest BCUT2D eigenvalue weighted by atomic mass is 16.5. The molecule has 148 valence electrons. The summed E-state index contributed by atoms with van der Waals surface area (Å²) in [4.78, 5) is 23.6. The van der Waals surface area contributed by atoms with Gasteiger partial charge in [-0.1, -0.05) is 46.8 Å². The monoisotopic (exact) mass is 374 g/mol. The Bertz CT molecular complexity index is 684. The molecular formula is C21H30N2O4. The largest absolute Gasteiger partial charge is 0.493 e. The average Bonchev–Trinajstić information content (AvgIpc) is 2.59. The van der Waals surface area contributed by atoms with Crippen LogP contribution < -0.4 is 10.1 Å². The predicted octanol–water partition coefficient (Wildman–Crippen LogP) is 3.35. The third-order valence-corrected chi connectivity index (χ3v) is 4.45. The second kappa shape index (κ2) is 9.40. The zero-order valence-electron chi connectivity index (χ0n) is 17.1. The Morgan fingerprint density at radius 3 is 2.22 bits per heavy atom. The van der Waals surface area contributed by atoms with Gasteiger partial charge in [-0.3, -0.25) is 9.59 Å². The highest BCUT2D eigenvalue weighted by Crippen LogP contribution is 2.24. The first-order valence-electron chi connectivity index (χ1n) is 9.09. The summed E-state index contributed by atoms with van der Waals surface area (Å²) in [5, 5.41) is 11.8. The smallest absolute Gasteiger partial charge is 0.309 e. The quantitative estimate of drug-likeness (QED) is 0.705. The van der Waals surface area contributed by atoms with Crippen molar-refractivity contribution in [2.45, 2.75) is 58.9 Å². The summed E-state index contributed by atoms with van der Waals surface area (Å²) in [6.45, 7) is 11.5. The molecule has 0 radical (unpaired) electrons. The van der Waals surface area contributed by atoms with Crippen LogP contribution in [0, 0.1) is 17.2 Å². The van der Waals surface area contributed by atoms with Crippen LogP contribution >= 0.6 is 0 Å². The summed E-state index contributed by atoms with van der Waals surface area (Å²) in [5.74, 6) is -0.421. The van der Waals surface area contributed by atoms with Gasteiger partial charge in [-0.2, -0.15) is 5.26 Å². The molecule has 1 N–H and O–H groups in total. The van der Waals surface area contributed by atoms with E-state index in [1.165, 1.54) is 5.56 Å². The number of esters is 1. The average molecular weight is 374 g/mol. The molecule has 0 aliphatic heterocycles. The molecule has 0 saturated carbocycles. The molecule has 6 nitrogen and oxygen atoms in total. The van der Waals surface area contributed by atoms with Crippen LogP contribution in [0.4, 0.5) is 0 Å². The van der Waals surface area contributed by atoms with Crippen LogP contribution in [0.1, 0.15) is 53.5 Å². The number of ether oxygens (including phenoxy) is 2. The van der Waals surface area contributed by atoms with Gasteiger partial charge >= 0.3 is 5.97 Å². The zero-order valence-corrected chi connectivity index (χ0v) is 17.1. The number of nitriles is 1. The van der Waals surface area contributed by atoms with Gasteiger partial charge in [0.25, 0.3) is 5.91 Å². The lowest BCUT2D eigenvalue weighted by molar-refractivity contribution is -0.149. The minimum absolute atomic E-state index is 0.0357. The third-order valence-electron chi connectivity index (χ3n) is 4.45. The van der Waals surface area contributed by atoms with Crippen molar-refractivity contribution in [3.63, 3.8) is 0 Å². The number of hydrogen-bond donors (Lipinski definition) is 1. The molecule has 6 heteroatoms. The molecule has 27 heavy (non-hydrogen) atoms. The van der Waals surface area contributed by atoms with E-state index in [0.717, 1.165) is 0 Å². The molecule has 0 fully saturated rings. The first-order chi connectivity index (χ1) is 12.5. The van der Waals surface area contributed by atoms with Gasteiger partial charge in [-0.15, -0.1) is 0 Å². The maximum absolute atomic E-state index is 11.9. The van der Waals surface area contributed by atoms with E-state index >= 15 is 0 Å². The molecule has 1 aromatic rings. The third kappa shape index (κ3) is 7.30. The normalized spacial score (nSPS) is 13.4. The highest BCUT2D eigenvalue weighted by molar-refractivity contribution is 5.81. The molecule has 0 heterocycles. The second-order valence-corrected chi connectivity index (χ2v) is 8.05. The predicted molar refractivity (Wildman–Crippen MR) is 103 cm³/mol. The molecular weight excluding hydrogens is 344 g/mol. The Morgan fingerprint density at radius 2 is 1.74 bits per heavy atom. The summed E-state index contributed by atoms with van der Waals surface area (Å²) >= 11 is 0. The van der Waals surface area contributed by atoms with Gasteiger partial charge in [0.1, 0.15) is 11.3 Å². The topological polar surface area (TPSA) is 88.4 Å². The highest BCUT2D eigenvalue weighted by Gasteiger charge is 2.30. The van der Waals surface area contributed by atoms with Crippen molar-refractivity contribution in [3.05, 3.63) is 29.8 Å². The molecule has 0 aromatic heterocycles. The summed E-state index contributed by atoms with van der Waals surface area (Å²) in [6.07, 6.45) is 0.0357. The summed E-state index contributed by atoms with van der Waals surface area (Å²) in [6, 6.07) is 9.81. The summed E-state index contributed by atoms with van der Waals surface area (Å²) in [5.41, 5.74) is 0.275. The zero-order chi connectivity index (χ0) is 20.7. The number of nitrogens with one attached hydrogen (secondary N) is 1. The van der Waals surface area contributed by atoms with Crippen LogP contribution in [-0.2, 0) is 19.7 Å². The molecule has 1 rings (SSSR count). The van der Waals surface area contributed by atoms with Crippen LogP contribution in [0.15, 0.2) is 24.3 Å². The van der Waals surface area contributed by atoms with Gasteiger partial charge in [0.15, 0.2) is 6.61 Å². The van der Waals surface area contributed by atoms with E-state index in [2.05, 4.69) is 32.2 Å². The molecule has 0 aliphatic carbocycles. The number of rotatable bonds is 8. The van der Waals surface area contributed by atoms with E-state index in [9.17, 15) is 14.9 Å². The Hall–Kier alpha value is -2.55. The lowest BCUT2D eigenvalue weighted by Gasteiger charge is -2.27. The fourth-order valence-corrected chi connectivity index (χ4v) is 2.15. The number of nitrogens with zero attached hydrogens (tertiary/aromatic N) is 1. The second-order valence-electron chi connectivity index (χ2n) is 8.05. The SMILES string of the molecule is CC(C)[C@](C)(C#N)NC(=O)COC(=O)CCOc1ccc(C(C)(C)C)cc1. The van der Waals surface area contributed by atoms with Gasteiger partial charge in [-0.05, 0) is 36.0 Å². The van der Waals surface area contributed by atoms with Gasteiger partial charge < -0.3 is 14.8 Å². The number of carbonyl (C=O) groups excluding carboxylic acids is 2. The van der Waals surface area contributed by atoms with Crippen molar-refractivity contribution < 1.29 is 19.1 Å². The maximum Gasteiger partial charge on any atom is 0.309 e. The Balaban J connectivity index is 2.36. The minimum atomic E-state index is -0.994. The Morgan fingerprint density at radius 1 is 1.15 bits per heavy atom. The molecule has 1 amide bonds.